The van der Waals surface area contributed by atoms with E-state index < -0.39 is 24.1 Å². The summed E-state index contributed by atoms with van der Waals surface area (Å²) in [5, 5.41) is 1.64. The van der Waals surface area contributed by atoms with Crippen molar-refractivity contribution in [1.29, 1.82) is 0 Å². The van der Waals surface area contributed by atoms with Crippen LogP contribution in [0.2, 0.25) is 0 Å². The molecule has 0 unspecified atom stereocenters. The van der Waals surface area contributed by atoms with E-state index in [1.165, 1.54) is 0 Å². The molecule has 13 heavy (non-hydrogen) atoms. The van der Waals surface area contributed by atoms with Gasteiger partial charge in [0, 0.05) is 0 Å². The largest absolute Gasteiger partial charge is 0.471 e. The Morgan fingerprint density at radius 1 is 1.54 bits per heavy atom. The summed E-state index contributed by atoms with van der Waals surface area (Å²) in [6.45, 7) is -0.194. The van der Waals surface area contributed by atoms with Crippen molar-refractivity contribution in [2.24, 2.45) is 0 Å². The number of carbonyl (C=O) groups is 2. The van der Waals surface area contributed by atoms with E-state index in [4.69, 9.17) is 0 Å². The van der Waals surface area contributed by atoms with Gasteiger partial charge in [-0.3, -0.25) is 9.59 Å². The van der Waals surface area contributed by atoms with Gasteiger partial charge in [0.15, 0.2) is 0 Å². The Balaban J connectivity index is 2.42. The molecule has 0 aromatic carbocycles. The van der Waals surface area contributed by atoms with E-state index in [9.17, 15) is 22.8 Å². The second-order valence-electron chi connectivity index (χ2n) is 2.56. The molecule has 0 aliphatic carbocycles. The van der Waals surface area contributed by atoms with Crippen LogP contribution < -0.4 is 5.32 Å². The van der Waals surface area contributed by atoms with Gasteiger partial charge in [0.05, 0.1) is 12.5 Å². The standard InChI is InChI=1S/C6H6F3NO3/c7-6(8,9)5(12)10-3-1-4(11)13-2-3/h3H,1-2H2,(H,10,12)/t3-/m0/s1. The lowest BCUT2D eigenvalue weighted by atomic mass is 10.2. The van der Waals surface area contributed by atoms with Crippen molar-refractivity contribution in [2.75, 3.05) is 6.61 Å². The van der Waals surface area contributed by atoms with Crippen molar-refractivity contribution < 1.29 is 27.5 Å². The third-order valence-corrected chi connectivity index (χ3v) is 1.45. The summed E-state index contributed by atoms with van der Waals surface area (Å²) >= 11 is 0. The molecule has 0 saturated carbocycles. The zero-order chi connectivity index (χ0) is 10.1. The van der Waals surface area contributed by atoms with Crippen LogP contribution >= 0.6 is 0 Å². The van der Waals surface area contributed by atoms with E-state index in [0.717, 1.165) is 0 Å². The van der Waals surface area contributed by atoms with Crippen molar-refractivity contribution >= 4 is 11.9 Å². The summed E-state index contributed by atoms with van der Waals surface area (Å²) in [6.07, 6.45) is -5.12. The maximum Gasteiger partial charge on any atom is 0.471 e. The molecule has 7 heteroatoms. The Labute approximate surface area is 71.0 Å². The maximum absolute atomic E-state index is 11.7. The van der Waals surface area contributed by atoms with Gasteiger partial charge in [0.2, 0.25) is 0 Å². The molecule has 1 fully saturated rings. The number of esters is 1. The average molecular weight is 197 g/mol. The fraction of sp³-hybridized carbons (Fsp3) is 0.667. The van der Waals surface area contributed by atoms with E-state index >= 15 is 0 Å². The number of halogens is 3. The molecule has 1 N–H and O–H groups in total. The quantitative estimate of drug-likeness (QED) is 0.601. The lowest BCUT2D eigenvalue weighted by Crippen LogP contribution is -2.43. The molecule has 74 valence electrons. The van der Waals surface area contributed by atoms with Crippen LogP contribution in [0.5, 0.6) is 0 Å². The van der Waals surface area contributed by atoms with Crippen molar-refractivity contribution in [3.05, 3.63) is 0 Å². The van der Waals surface area contributed by atoms with Gasteiger partial charge in [-0.15, -0.1) is 0 Å². The number of amides is 1. The van der Waals surface area contributed by atoms with E-state index in [1.54, 1.807) is 5.32 Å². The van der Waals surface area contributed by atoms with E-state index in [1.807, 2.05) is 0 Å². The number of nitrogens with one attached hydrogen (secondary N) is 1. The minimum absolute atomic E-state index is 0.194. The number of carbonyl (C=O) groups excluding carboxylic acids is 2. The van der Waals surface area contributed by atoms with Gasteiger partial charge in [-0.2, -0.15) is 13.2 Å². The summed E-state index contributed by atoms with van der Waals surface area (Å²) in [7, 11) is 0. The first-order valence-electron chi connectivity index (χ1n) is 3.43. The van der Waals surface area contributed by atoms with Crippen LogP contribution in [0.15, 0.2) is 0 Å². The van der Waals surface area contributed by atoms with Gasteiger partial charge in [-0.25, -0.2) is 0 Å². The first-order valence-corrected chi connectivity index (χ1v) is 3.43. The fourth-order valence-electron chi connectivity index (χ4n) is 0.872. The van der Waals surface area contributed by atoms with E-state index in [2.05, 4.69) is 4.74 Å². The Bertz CT molecular complexity index is 238. The second-order valence-corrected chi connectivity index (χ2v) is 2.56. The lowest BCUT2D eigenvalue weighted by molar-refractivity contribution is -0.174. The van der Waals surface area contributed by atoms with Crippen molar-refractivity contribution in [1.82, 2.24) is 5.32 Å². The Kier molecular flexibility index (Phi) is 2.44. The number of cyclic esters (lactones) is 1. The van der Waals surface area contributed by atoms with Crippen LogP contribution in [0.25, 0.3) is 0 Å². The Morgan fingerprint density at radius 3 is 2.54 bits per heavy atom. The molecule has 1 atom stereocenters. The smallest absolute Gasteiger partial charge is 0.463 e. The fourth-order valence-corrected chi connectivity index (χ4v) is 0.872. The zero-order valence-electron chi connectivity index (χ0n) is 6.35. The summed E-state index contributed by atoms with van der Waals surface area (Å²) in [5.74, 6) is -2.65. The first-order chi connectivity index (χ1) is 5.89. The lowest BCUT2D eigenvalue weighted by Gasteiger charge is -2.10. The minimum Gasteiger partial charge on any atom is -0.463 e. The normalized spacial score (nSPS) is 22.7. The van der Waals surface area contributed by atoms with Gasteiger partial charge in [0.1, 0.15) is 6.61 Å². The van der Waals surface area contributed by atoms with Crippen LogP contribution in [-0.4, -0.2) is 30.7 Å². The SMILES string of the molecule is O=C1C[C@H](NC(=O)C(F)(F)F)CO1. The summed E-state index contributed by atoms with van der Waals surface area (Å²) < 4.78 is 39.3. The zero-order valence-corrected chi connectivity index (χ0v) is 6.35. The number of rotatable bonds is 1. The van der Waals surface area contributed by atoms with Crippen molar-refractivity contribution in [3.63, 3.8) is 0 Å². The number of ether oxygens (including phenoxy) is 1. The van der Waals surface area contributed by atoms with Crippen LogP contribution in [0.1, 0.15) is 6.42 Å². The van der Waals surface area contributed by atoms with Crippen LogP contribution in [0.4, 0.5) is 13.2 Å². The third kappa shape index (κ3) is 2.60. The molecular weight excluding hydrogens is 191 g/mol. The minimum atomic E-state index is -4.91. The third-order valence-electron chi connectivity index (χ3n) is 1.45. The first kappa shape index (κ1) is 9.82. The summed E-state index contributed by atoms with van der Waals surface area (Å²) in [5.41, 5.74) is 0. The monoisotopic (exact) mass is 197 g/mol. The molecule has 0 bridgehead atoms. The maximum atomic E-state index is 11.7. The molecule has 0 aromatic rings. The summed E-state index contributed by atoms with van der Waals surface area (Å²) in [6, 6.07) is -0.860. The molecule has 0 spiro atoms. The Morgan fingerprint density at radius 2 is 2.15 bits per heavy atom. The highest BCUT2D eigenvalue weighted by molar-refractivity contribution is 5.83. The molecule has 1 amide bonds. The van der Waals surface area contributed by atoms with Gasteiger partial charge < -0.3 is 10.1 Å². The van der Waals surface area contributed by atoms with Crippen LogP contribution in [0, 0.1) is 0 Å². The number of hydrogen-bond acceptors (Lipinski definition) is 3. The molecule has 1 saturated heterocycles. The van der Waals surface area contributed by atoms with Crippen LogP contribution in [0.3, 0.4) is 0 Å². The van der Waals surface area contributed by atoms with Gasteiger partial charge in [0.25, 0.3) is 0 Å². The molecule has 0 radical (unpaired) electrons. The predicted molar refractivity (Wildman–Crippen MR) is 33.6 cm³/mol. The van der Waals surface area contributed by atoms with Crippen LogP contribution in [-0.2, 0) is 14.3 Å². The Hall–Kier alpha value is -1.27. The average Bonchev–Trinajstić information content (AvgIpc) is 2.33. The molecule has 1 heterocycles. The van der Waals surface area contributed by atoms with Gasteiger partial charge in [-0.1, -0.05) is 0 Å². The van der Waals surface area contributed by atoms with E-state index in [0.29, 0.717) is 0 Å². The van der Waals surface area contributed by atoms with E-state index in [-0.39, 0.29) is 13.0 Å². The second kappa shape index (κ2) is 3.23. The van der Waals surface area contributed by atoms with Crippen molar-refractivity contribution in [3.8, 4) is 0 Å². The number of alkyl halides is 3. The number of hydrogen-bond donors (Lipinski definition) is 1. The van der Waals surface area contributed by atoms with Crippen molar-refractivity contribution in [2.45, 2.75) is 18.6 Å². The predicted octanol–water partition coefficient (Wildman–Crippen LogP) is -0.0196. The highest BCUT2D eigenvalue weighted by Gasteiger charge is 2.41. The highest BCUT2D eigenvalue weighted by Crippen LogP contribution is 2.16. The summed E-state index contributed by atoms with van der Waals surface area (Å²) in [4.78, 5) is 20.8. The molecule has 1 rings (SSSR count). The molecule has 1 aliphatic heterocycles. The molecule has 4 nitrogen and oxygen atoms in total. The van der Waals surface area contributed by atoms with Gasteiger partial charge in [-0.05, 0) is 0 Å². The molecule has 1 aliphatic rings. The molecule has 0 aromatic heterocycles. The molecular formula is C6H6F3NO3. The highest BCUT2D eigenvalue weighted by atomic mass is 19.4. The van der Waals surface area contributed by atoms with Gasteiger partial charge >= 0.3 is 18.1 Å². The topological polar surface area (TPSA) is 55.4 Å².